The largest absolute Gasteiger partial charge is 0.508 e. The lowest BCUT2D eigenvalue weighted by Crippen LogP contribution is -2.37. The molecule has 0 spiro atoms. The van der Waals surface area contributed by atoms with Gasteiger partial charge in [-0.1, -0.05) is 55.5 Å². The van der Waals surface area contributed by atoms with E-state index in [0.29, 0.717) is 35.9 Å². The van der Waals surface area contributed by atoms with Crippen molar-refractivity contribution in [2.24, 2.45) is 5.92 Å². The Labute approximate surface area is 253 Å². The molecule has 2 aliphatic heterocycles. The zero-order valence-corrected chi connectivity index (χ0v) is 24.5. The molecule has 4 aromatic rings. The molecular formula is C33H30Cl2N2O5. The number of anilines is 1. The molecule has 9 heteroatoms. The molecule has 216 valence electrons. The van der Waals surface area contributed by atoms with Crippen molar-refractivity contribution in [3.05, 3.63) is 101 Å². The van der Waals surface area contributed by atoms with Crippen molar-refractivity contribution >= 4 is 57.2 Å². The van der Waals surface area contributed by atoms with Crippen LogP contribution in [0.2, 0.25) is 0 Å². The molecular weight excluding hydrogens is 575 g/mol. The van der Waals surface area contributed by atoms with Gasteiger partial charge in [-0.2, -0.15) is 0 Å². The summed E-state index contributed by atoms with van der Waals surface area (Å²) in [4.78, 5) is 30.5. The maximum absolute atomic E-state index is 13.7. The average molecular weight is 606 g/mol. The van der Waals surface area contributed by atoms with Crippen LogP contribution in [-0.4, -0.2) is 58.3 Å². The van der Waals surface area contributed by atoms with E-state index in [1.165, 1.54) is 12.1 Å². The van der Waals surface area contributed by atoms with Gasteiger partial charge in [0.15, 0.2) is 11.5 Å². The Morgan fingerprint density at radius 2 is 1.60 bits per heavy atom. The van der Waals surface area contributed by atoms with E-state index in [9.17, 15) is 19.8 Å². The number of carbonyl (C=O) groups excluding carboxylic acids is 2. The Morgan fingerprint density at radius 1 is 0.905 bits per heavy atom. The maximum atomic E-state index is 13.7. The van der Waals surface area contributed by atoms with Crippen LogP contribution in [0.4, 0.5) is 5.69 Å². The molecule has 3 aromatic carbocycles. The van der Waals surface area contributed by atoms with Crippen LogP contribution in [0.1, 0.15) is 56.6 Å². The second-order valence-electron chi connectivity index (χ2n) is 10.9. The van der Waals surface area contributed by atoms with E-state index in [1.54, 1.807) is 21.9 Å². The third-order valence-electron chi connectivity index (χ3n) is 8.48. The quantitative estimate of drug-likeness (QED) is 0.241. The highest BCUT2D eigenvalue weighted by Gasteiger charge is 2.36. The molecule has 2 amide bonds. The summed E-state index contributed by atoms with van der Waals surface area (Å²) in [6.45, 7) is 2.85. The second-order valence-corrected chi connectivity index (χ2v) is 11.5. The van der Waals surface area contributed by atoms with E-state index in [2.05, 4.69) is 0 Å². The topological polar surface area (TPSA) is 94.2 Å². The Hall–Kier alpha value is -3.94. The molecule has 7 nitrogen and oxygen atoms in total. The molecule has 0 bridgehead atoms. The number of hydrogen-bond acceptors (Lipinski definition) is 5. The minimum atomic E-state index is -0.428. The highest BCUT2D eigenvalue weighted by atomic mass is 35.5. The standard InChI is InChI=1S/C33H30Cl2N2O5/c1-19-20(15-34)17-36(13-12-27(38)23-7-3-2-6-22(19)23)32(40)29-10-11-30(42-29)33(41)37-18-21(16-35)31-25-9-5-4-8-24(25)28(39)14-26(31)37/h2-12,14,19-21,38-39H,13,15-18H2,1H3/b27-12+/t19?,20-,21-/m1/s1. The van der Waals surface area contributed by atoms with Gasteiger partial charge in [-0.05, 0) is 46.6 Å². The van der Waals surface area contributed by atoms with Gasteiger partial charge in [0, 0.05) is 54.3 Å². The van der Waals surface area contributed by atoms with E-state index in [-0.39, 0.29) is 47.3 Å². The number of hydrogen-bond donors (Lipinski definition) is 2. The molecule has 0 saturated heterocycles. The number of aliphatic hydroxyl groups excluding tert-OH is 1. The Bertz CT molecular complexity index is 1710. The number of phenols is 1. The number of fused-ring (bicyclic) bond motifs is 4. The number of phenolic OH excluding ortho intramolecular Hbond substituents is 1. The van der Waals surface area contributed by atoms with Gasteiger partial charge in [-0.15, -0.1) is 23.2 Å². The van der Waals surface area contributed by atoms with Crippen LogP contribution in [0.5, 0.6) is 5.75 Å². The molecule has 2 N–H and O–H groups in total. The summed E-state index contributed by atoms with van der Waals surface area (Å²) in [5, 5.41) is 23.1. The lowest BCUT2D eigenvalue weighted by molar-refractivity contribution is 0.0713. The molecule has 0 saturated carbocycles. The van der Waals surface area contributed by atoms with Crippen LogP contribution in [0.15, 0.2) is 77.2 Å². The second kappa shape index (κ2) is 11.4. The van der Waals surface area contributed by atoms with Gasteiger partial charge >= 0.3 is 0 Å². The zero-order chi connectivity index (χ0) is 29.5. The number of furan rings is 1. The van der Waals surface area contributed by atoms with Crippen molar-refractivity contribution in [1.82, 2.24) is 4.90 Å². The number of nitrogens with zero attached hydrogens (tertiary/aromatic N) is 2. The van der Waals surface area contributed by atoms with E-state index >= 15 is 0 Å². The van der Waals surface area contributed by atoms with Gasteiger partial charge in [0.2, 0.25) is 0 Å². The van der Waals surface area contributed by atoms with Crippen LogP contribution in [0.25, 0.3) is 16.5 Å². The summed E-state index contributed by atoms with van der Waals surface area (Å²) in [6, 6.07) is 19.7. The van der Waals surface area contributed by atoms with Crippen molar-refractivity contribution in [1.29, 1.82) is 0 Å². The van der Waals surface area contributed by atoms with Gasteiger partial charge in [-0.3, -0.25) is 9.59 Å². The minimum Gasteiger partial charge on any atom is -0.508 e. The first-order valence-electron chi connectivity index (χ1n) is 13.9. The summed E-state index contributed by atoms with van der Waals surface area (Å²) in [7, 11) is 0. The number of halogens is 2. The van der Waals surface area contributed by atoms with Crippen molar-refractivity contribution in [3.63, 3.8) is 0 Å². The Morgan fingerprint density at radius 3 is 2.33 bits per heavy atom. The zero-order valence-electron chi connectivity index (χ0n) is 23.0. The van der Waals surface area contributed by atoms with Gasteiger partial charge in [0.1, 0.15) is 11.5 Å². The molecule has 0 radical (unpaired) electrons. The predicted octanol–water partition coefficient (Wildman–Crippen LogP) is 7.13. The Kier molecular flexibility index (Phi) is 7.64. The normalized spacial score (nSPS) is 21.6. The molecule has 0 aliphatic carbocycles. The fourth-order valence-electron chi connectivity index (χ4n) is 6.15. The van der Waals surface area contributed by atoms with Crippen LogP contribution in [0, 0.1) is 5.92 Å². The summed E-state index contributed by atoms with van der Waals surface area (Å²) in [6.07, 6.45) is 1.61. The number of benzene rings is 3. The highest BCUT2D eigenvalue weighted by molar-refractivity contribution is 6.19. The Balaban J connectivity index is 1.28. The minimum absolute atomic E-state index is 0.00416. The molecule has 3 heterocycles. The summed E-state index contributed by atoms with van der Waals surface area (Å²) >= 11 is 12.7. The van der Waals surface area contributed by atoms with Gasteiger partial charge in [-0.25, -0.2) is 0 Å². The first-order chi connectivity index (χ1) is 20.3. The van der Waals surface area contributed by atoms with Crippen molar-refractivity contribution in [2.75, 3.05) is 36.3 Å². The molecule has 3 atom stereocenters. The summed E-state index contributed by atoms with van der Waals surface area (Å²) in [5.41, 5.74) is 3.17. The molecule has 0 fully saturated rings. The number of amides is 2. The van der Waals surface area contributed by atoms with E-state index in [4.69, 9.17) is 27.6 Å². The lowest BCUT2D eigenvalue weighted by Gasteiger charge is -2.28. The summed E-state index contributed by atoms with van der Waals surface area (Å²) in [5.74, 6) is -0.263. The van der Waals surface area contributed by atoms with E-state index < -0.39 is 11.8 Å². The first-order valence-corrected chi connectivity index (χ1v) is 14.9. The lowest BCUT2D eigenvalue weighted by atomic mass is 9.85. The molecule has 42 heavy (non-hydrogen) atoms. The maximum Gasteiger partial charge on any atom is 0.294 e. The van der Waals surface area contributed by atoms with Crippen LogP contribution in [-0.2, 0) is 0 Å². The van der Waals surface area contributed by atoms with Gasteiger partial charge < -0.3 is 24.4 Å². The highest BCUT2D eigenvalue weighted by Crippen LogP contribution is 2.45. The van der Waals surface area contributed by atoms with Crippen molar-refractivity contribution < 1.29 is 24.2 Å². The smallest absolute Gasteiger partial charge is 0.294 e. The van der Waals surface area contributed by atoms with E-state index in [0.717, 1.165) is 22.1 Å². The SMILES string of the molecule is CC1c2ccccc2/C(O)=C\CN(C(=O)c2ccc(C(=O)N3C[C@@H](CCl)c4c3cc(O)c3ccccc43)o2)C[C@H]1CCl. The van der Waals surface area contributed by atoms with E-state index in [1.807, 2.05) is 55.5 Å². The number of carbonyl (C=O) groups is 2. The fraction of sp³-hybridized carbons (Fsp3) is 0.273. The van der Waals surface area contributed by atoms with Crippen molar-refractivity contribution in [3.8, 4) is 5.75 Å². The van der Waals surface area contributed by atoms with Gasteiger partial charge in [0.05, 0.1) is 5.69 Å². The monoisotopic (exact) mass is 604 g/mol. The number of aromatic hydroxyl groups is 1. The fourth-order valence-corrected chi connectivity index (χ4v) is 6.77. The molecule has 6 rings (SSSR count). The average Bonchev–Trinajstić information content (AvgIpc) is 3.66. The van der Waals surface area contributed by atoms with Gasteiger partial charge in [0.25, 0.3) is 11.8 Å². The number of alkyl halides is 2. The predicted molar refractivity (Wildman–Crippen MR) is 165 cm³/mol. The molecule has 2 aliphatic rings. The number of aliphatic hydroxyl groups is 1. The third kappa shape index (κ3) is 4.80. The van der Waals surface area contributed by atoms with Crippen molar-refractivity contribution in [2.45, 2.75) is 18.8 Å². The van der Waals surface area contributed by atoms with Crippen LogP contribution < -0.4 is 4.90 Å². The van der Waals surface area contributed by atoms with Crippen LogP contribution >= 0.6 is 23.2 Å². The van der Waals surface area contributed by atoms with Crippen LogP contribution in [0.3, 0.4) is 0 Å². The molecule has 1 unspecified atom stereocenters. The first kappa shape index (κ1) is 28.2. The summed E-state index contributed by atoms with van der Waals surface area (Å²) < 4.78 is 5.87. The number of rotatable bonds is 4. The molecule has 1 aromatic heterocycles. The third-order valence-corrected chi connectivity index (χ3v) is 9.25.